The van der Waals surface area contributed by atoms with Crippen LogP contribution in [0, 0.1) is 5.92 Å². The molecule has 0 spiro atoms. The zero-order valence-electron chi connectivity index (χ0n) is 10.6. The molecule has 1 fully saturated rings. The van der Waals surface area contributed by atoms with E-state index in [0.29, 0.717) is 34.6 Å². The lowest BCUT2D eigenvalue weighted by atomic mass is 10.2. The molecule has 102 valence electrons. The fourth-order valence-corrected chi connectivity index (χ4v) is 1.90. The van der Waals surface area contributed by atoms with E-state index in [1.165, 1.54) is 26.0 Å². The van der Waals surface area contributed by atoms with Crippen molar-refractivity contribution < 1.29 is 19.4 Å². The first kappa shape index (κ1) is 13.7. The highest BCUT2D eigenvalue weighted by Gasteiger charge is 2.23. The van der Waals surface area contributed by atoms with E-state index in [-0.39, 0.29) is 0 Å². The van der Waals surface area contributed by atoms with Crippen molar-refractivity contribution in [2.45, 2.75) is 12.8 Å². The quantitative estimate of drug-likeness (QED) is 0.814. The van der Waals surface area contributed by atoms with Crippen LogP contribution >= 0.6 is 11.6 Å². The molecule has 2 rings (SSSR count). The number of halogens is 1. The van der Waals surface area contributed by atoms with Crippen molar-refractivity contribution in [2.75, 3.05) is 13.7 Å². The van der Waals surface area contributed by atoms with Gasteiger partial charge in [0.05, 0.1) is 18.7 Å². The van der Waals surface area contributed by atoms with Crippen LogP contribution in [0.3, 0.4) is 0 Å². The third-order valence-corrected chi connectivity index (χ3v) is 3.11. The first-order valence-corrected chi connectivity index (χ1v) is 6.39. The van der Waals surface area contributed by atoms with Gasteiger partial charge in [-0.3, -0.25) is 0 Å². The maximum absolute atomic E-state index is 10.5. The second kappa shape index (κ2) is 5.97. The summed E-state index contributed by atoms with van der Waals surface area (Å²) in [4.78, 5) is 10.5. The number of carboxylic acids is 1. The van der Waals surface area contributed by atoms with Crippen LogP contribution in [0.15, 0.2) is 18.2 Å². The van der Waals surface area contributed by atoms with Gasteiger partial charge in [0, 0.05) is 6.08 Å². The van der Waals surface area contributed by atoms with Crippen molar-refractivity contribution in [2.24, 2.45) is 5.92 Å². The molecule has 1 aromatic rings. The molecule has 0 unspecified atom stereocenters. The summed E-state index contributed by atoms with van der Waals surface area (Å²) in [5.41, 5.74) is 0.656. The molecule has 0 atom stereocenters. The highest BCUT2D eigenvalue weighted by atomic mass is 35.5. The van der Waals surface area contributed by atoms with E-state index < -0.39 is 5.97 Å². The number of carboxylic acid groups (broad SMARTS) is 1. The molecule has 5 heteroatoms. The molecule has 4 nitrogen and oxygen atoms in total. The number of carbonyl (C=O) groups is 1. The Morgan fingerprint density at radius 3 is 2.84 bits per heavy atom. The molecular formula is C14H15ClO4. The zero-order chi connectivity index (χ0) is 13.8. The fraction of sp³-hybridized carbons (Fsp3) is 0.357. The molecule has 0 radical (unpaired) electrons. The number of hydrogen-bond donors (Lipinski definition) is 1. The van der Waals surface area contributed by atoms with E-state index in [1.54, 1.807) is 12.1 Å². The Morgan fingerprint density at radius 1 is 1.53 bits per heavy atom. The van der Waals surface area contributed by atoms with E-state index in [0.717, 1.165) is 6.08 Å². The van der Waals surface area contributed by atoms with Crippen molar-refractivity contribution in [3.63, 3.8) is 0 Å². The Kier molecular flexibility index (Phi) is 4.32. The number of hydrogen-bond acceptors (Lipinski definition) is 3. The molecule has 1 aliphatic carbocycles. The van der Waals surface area contributed by atoms with Gasteiger partial charge in [0.15, 0.2) is 11.5 Å². The van der Waals surface area contributed by atoms with Gasteiger partial charge in [0.1, 0.15) is 0 Å². The summed E-state index contributed by atoms with van der Waals surface area (Å²) in [5, 5.41) is 9.02. The minimum absolute atomic E-state index is 0.421. The van der Waals surface area contributed by atoms with Crippen molar-refractivity contribution >= 4 is 23.6 Å². The monoisotopic (exact) mass is 282 g/mol. The van der Waals surface area contributed by atoms with Gasteiger partial charge >= 0.3 is 5.97 Å². The Bertz CT molecular complexity index is 506. The number of ether oxygens (including phenoxy) is 2. The fourth-order valence-electron chi connectivity index (χ4n) is 1.63. The summed E-state index contributed by atoms with van der Waals surface area (Å²) in [7, 11) is 1.53. The lowest BCUT2D eigenvalue weighted by molar-refractivity contribution is -0.131. The van der Waals surface area contributed by atoms with Crippen LogP contribution in [0.2, 0.25) is 5.02 Å². The molecule has 1 N–H and O–H groups in total. The van der Waals surface area contributed by atoms with Gasteiger partial charge in [-0.25, -0.2) is 4.79 Å². The SMILES string of the molecule is COc1cc(/C=C/C(=O)O)cc(Cl)c1OCC1CC1. The van der Waals surface area contributed by atoms with Crippen molar-refractivity contribution in [1.82, 2.24) is 0 Å². The van der Waals surface area contributed by atoms with Gasteiger partial charge < -0.3 is 14.6 Å². The number of benzene rings is 1. The largest absolute Gasteiger partial charge is 0.493 e. The standard InChI is InChI=1S/C14H15ClO4/c1-18-12-7-10(4-5-13(16)17)6-11(15)14(12)19-8-9-2-3-9/h4-7,9H,2-3,8H2,1H3,(H,16,17)/b5-4+. The molecule has 1 aliphatic rings. The minimum atomic E-state index is -1.01. The van der Waals surface area contributed by atoms with Crippen molar-refractivity contribution in [1.29, 1.82) is 0 Å². The Hall–Kier alpha value is -1.68. The van der Waals surface area contributed by atoms with Gasteiger partial charge in [0.2, 0.25) is 0 Å². The molecule has 1 aromatic carbocycles. The van der Waals surface area contributed by atoms with Crippen LogP contribution in [-0.2, 0) is 4.79 Å². The van der Waals surface area contributed by atoms with Gasteiger partial charge in [-0.2, -0.15) is 0 Å². The molecule has 0 aliphatic heterocycles. The number of rotatable bonds is 6. The predicted molar refractivity (Wildman–Crippen MR) is 72.9 cm³/mol. The zero-order valence-corrected chi connectivity index (χ0v) is 11.3. The maximum Gasteiger partial charge on any atom is 0.328 e. The van der Waals surface area contributed by atoms with E-state index in [1.807, 2.05) is 0 Å². The van der Waals surface area contributed by atoms with Crippen LogP contribution in [0.4, 0.5) is 0 Å². The third-order valence-electron chi connectivity index (χ3n) is 2.83. The third kappa shape index (κ3) is 3.89. The molecule has 1 saturated carbocycles. The average Bonchev–Trinajstić information content (AvgIpc) is 3.18. The van der Waals surface area contributed by atoms with Gasteiger partial charge in [0.25, 0.3) is 0 Å². The lowest BCUT2D eigenvalue weighted by Gasteiger charge is -2.13. The van der Waals surface area contributed by atoms with Crippen molar-refractivity contribution in [3.8, 4) is 11.5 Å². The second-order valence-electron chi connectivity index (χ2n) is 4.46. The minimum Gasteiger partial charge on any atom is -0.493 e. The highest BCUT2D eigenvalue weighted by Crippen LogP contribution is 2.38. The molecule has 0 saturated heterocycles. The molecule has 19 heavy (non-hydrogen) atoms. The van der Waals surface area contributed by atoms with Crippen LogP contribution in [0.5, 0.6) is 11.5 Å². The highest BCUT2D eigenvalue weighted by molar-refractivity contribution is 6.32. The van der Waals surface area contributed by atoms with E-state index in [2.05, 4.69) is 0 Å². The molecule has 0 aromatic heterocycles. The summed E-state index contributed by atoms with van der Waals surface area (Å²) in [6.07, 6.45) is 4.90. The van der Waals surface area contributed by atoms with Crippen LogP contribution in [0.25, 0.3) is 6.08 Å². The number of methoxy groups -OCH3 is 1. The predicted octanol–water partition coefficient (Wildman–Crippen LogP) is 3.24. The van der Waals surface area contributed by atoms with Crippen LogP contribution in [-0.4, -0.2) is 24.8 Å². The summed E-state index contributed by atoms with van der Waals surface area (Å²) < 4.78 is 10.9. The average molecular weight is 283 g/mol. The molecular weight excluding hydrogens is 268 g/mol. The molecule has 0 heterocycles. The first-order valence-electron chi connectivity index (χ1n) is 6.01. The topological polar surface area (TPSA) is 55.8 Å². The van der Waals surface area contributed by atoms with Gasteiger partial charge in [-0.1, -0.05) is 11.6 Å². The van der Waals surface area contributed by atoms with E-state index >= 15 is 0 Å². The van der Waals surface area contributed by atoms with Crippen LogP contribution in [0.1, 0.15) is 18.4 Å². The van der Waals surface area contributed by atoms with E-state index in [4.69, 9.17) is 26.2 Å². The Morgan fingerprint density at radius 2 is 2.26 bits per heavy atom. The van der Waals surface area contributed by atoms with E-state index in [9.17, 15) is 4.79 Å². The normalized spacial score (nSPS) is 14.6. The van der Waals surface area contributed by atoms with Crippen LogP contribution < -0.4 is 9.47 Å². The maximum atomic E-state index is 10.5. The van der Waals surface area contributed by atoms with Gasteiger partial charge in [-0.15, -0.1) is 0 Å². The summed E-state index contributed by atoms with van der Waals surface area (Å²) in [6.45, 7) is 0.639. The summed E-state index contributed by atoms with van der Waals surface area (Å²) in [5.74, 6) is 0.637. The molecule has 0 amide bonds. The Balaban J connectivity index is 2.20. The second-order valence-corrected chi connectivity index (χ2v) is 4.87. The van der Waals surface area contributed by atoms with Crippen molar-refractivity contribution in [3.05, 3.63) is 28.8 Å². The summed E-state index contributed by atoms with van der Waals surface area (Å²) >= 11 is 6.15. The Labute approximate surface area is 116 Å². The lowest BCUT2D eigenvalue weighted by Crippen LogP contribution is -2.01. The summed E-state index contributed by atoms with van der Waals surface area (Å²) in [6, 6.07) is 3.36. The number of aliphatic carboxylic acids is 1. The smallest absolute Gasteiger partial charge is 0.328 e. The van der Waals surface area contributed by atoms with Gasteiger partial charge in [-0.05, 0) is 42.5 Å². The first-order chi connectivity index (χ1) is 9.10. The molecule has 0 bridgehead atoms.